The lowest BCUT2D eigenvalue weighted by molar-refractivity contribution is -0.200. The number of carbonyl (C=O) groups is 6. The third-order valence-electron chi connectivity index (χ3n) is 13.4. The van der Waals surface area contributed by atoms with Crippen LogP contribution in [0.15, 0.2) is 36.5 Å². The first kappa shape index (κ1) is 64.2. The summed E-state index contributed by atoms with van der Waals surface area (Å²) in [5, 5.41) is 0. The van der Waals surface area contributed by atoms with Crippen molar-refractivity contribution in [2.75, 3.05) is 26.4 Å². The molecule has 2 heterocycles. The summed E-state index contributed by atoms with van der Waals surface area (Å²) < 4.78 is 33.0. The first-order chi connectivity index (χ1) is 35.3. The zero-order chi connectivity index (χ0) is 51.6. The van der Waals surface area contributed by atoms with Crippen molar-refractivity contribution >= 4 is 35.8 Å². The van der Waals surface area contributed by atoms with Crippen molar-refractivity contribution in [2.45, 2.75) is 276 Å². The first-order valence-corrected chi connectivity index (χ1v) is 29.3. The van der Waals surface area contributed by atoms with Crippen LogP contribution in [-0.4, -0.2) is 68.5 Å². The number of carbonyl (C=O) groups excluding carboxylic acids is 6. The molecule has 12 nitrogen and oxygen atoms in total. The molecular formula is C60H100O12. The second kappa shape index (κ2) is 48.0. The van der Waals surface area contributed by atoms with Gasteiger partial charge in [0.25, 0.3) is 6.29 Å². The Morgan fingerprint density at radius 2 is 0.764 bits per heavy atom. The van der Waals surface area contributed by atoms with E-state index in [9.17, 15) is 28.8 Å². The lowest BCUT2D eigenvalue weighted by Gasteiger charge is -2.18. The Morgan fingerprint density at radius 1 is 0.417 bits per heavy atom. The van der Waals surface area contributed by atoms with Crippen molar-refractivity contribution in [3.8, 4) is 0 Å². The highest BCUT2D eigenvalue weighted by molar-refractivity contribution is 5.72. The molecule has 1 unspecified atom stereocenters. The summed E-state index contributed by atoms with van der Waals surface area (Å²) in [6.07, 6.45) is 51.1. The van der Waals surface area contributed by atoms with Crippen LogP contribution >= 0.6 is 0 Å². The van der Waals surface area contributed by atoms with Gasteiger partial charge in [-0.3, -0.25) is 28.8 Å². The van der Waals surface area contributed by atoms with E-state index < -0.39 is 24.1 Å². The molecule has 0 amide bonds. The summed E-state index contributed by atoms with van der Waals surface area (Å²) in [6, 6.07) is 0. The average molecular weight is 1010 g/mol. The van der Waals surface area contributed by atoms with E-state index in [4.69, 9.17) is 28.4 Å². The van der Waals surface area contributed by atoms with Crippen LogP contribution in [0.25, 0.3) is 0 Å². The fraction of sp³-hybridized carbons (Fsp3) is 0.800. The van der Waals surface area contributed by atoms with Gasteiger partial charge in [0, 0.05) is 38.5 Å². The number of ether oxygens (including phenoxy) is 6. The van der Waals surface area contributed by atoms with Crippen LogP contribution in [0.5, 0.6) is 0 Å². The number of unbranched alkanes of at least 4 members (excludes halogenated alkanes) is 10. The Hall–Kier alpha value is -3.96. The number of rotatable bonds is 19. The van der Waals surface area contributed by atoms with Gasteiger partial charge in [-0.1, -0.05) is 152 Å². The molecule has 0 fully saturated rings. The second-order valence-electron chi connectivity index (χ2n) is 20.3. The summed E-state index contributed by atoms with van der Waals surface area (Å²) in [6.45, 7) is -0.100. The van der Waals surface area contributed by atoms with Gasteiger partial charge in [-0.2, -0.15) is 0 Å². The maximum absolute atomic E-state index is 12.7. The molecule has 0 N–H and O–H groups in total. The maximum Gasteiger partial charge on any atom is 0.308 e. The molecule has 12 heteroatoms. The minimum atomic E-state index is -1.22. The number of cyclic esters (lactones) is 4. The van der Waals surface area contributed by atoms with Crippen LogP contribution in [0.4, 0.5) is 0 Å². The van der Waals surface area contributed by atoms with Gasteiger partial charge in [0.1, 0.15) is 19.8 Å². The van der Waals surface area contributed by atoms with E-state index >= 15 is 0 Å². The van der Waals surface area contributed by atoms with Gasteiger partial charge in [-0.15, -0.1) is 0 Å². The van der Waals surface area contributed by atoms with Crippen molar-refractivity contribution in [3.05, 3.63) is 36.5 Å². The quantitative estimate of drug-likeness (QED) is 0.0523. The van der Waals surface area contributed by atoms with E-state index in [2.05, 4.69) is 36.5 Å². The smallest absolute Gasteiger partial charge is 0.308 e. The minimum Gasteiger partial charge on any atom is -0.465 e. The van der Waals surface area contributed by atoms with Crippen molar-refractivity contribution in [3.63, 3.8) is 0 Å². The third kappa shape index (κ3) is 42.5. The minimum absolute atomic E-state index is 0.0542. The SMILES string of the molecule is O=C1CCCCCCC/C=C\CCCCCCCC(=O)OCC(COC(=O)CCCCCCC/C=C/CCCCCCCC(=O)OC2COC(=O)CCCCCCC/C=C\CCCCCCCC(=O)O2)CO1. The van der Waals surface area contributed by atoms with Gasteiger partial charge < -0.3 is 28.4 Å². The van der Waals surface area contributed by atoms with Crippen LogP contribution in [0.2, 0.25) is 0 Å². The van der Waals surface area contributed by atoms with Crippen molar-refractivity contribution in [2.24, 2.45) is 5.92 Å². The fourth-order valence-corrected chi connectivity index (χ4v) is 8.81. The number of allylic oxidation sites excluding steroid dienone is 6. The van der Waals surface area contributed by atoms with E-state index in [1.807, 2.05) is 0 Å². The molecule has 0 saturated carbocycles. The lowest BCUT2D eigenvalue weighted by atomic mass is 10.1. The van der Waals surface area contributed by atoms with Gasteiger partial charge in [0.05, 0.1) is 5.92 Å². The summed E-state index contributed by atoms with van der Waals surface area (Å²) in [5.41, 5.74) is 0. The Kier molecular flexibility index (Phi) is 42.8. The van der Waals surface area contributed by atoms with Crippen LogP contribution in [-0.2, 0) is 57.2 Å². The van der Waals surface area contributed by atoms with Gasteiger partial charge in [-0.25, -0.2) is 0 Å². The molecule has 0 aromatic heterocycles. The molecule has 2 aliphatic heterocycles. The number of esters is 6. The summed E-state index contributed by atoms with van der Waals surface area (Å²) in [5.74, 6) is -2.46. The largest absolute Gasteiger partial charge is 0.465 e. The zero-order valence-corrected chi connectivity index (χ0v) is 45.0. The molecule has 72 heavy (non-hydrogen) atoms. The van der Waals surface area contributed by atoms with Gasteiger partial charge in [0.2, 0.25) is 0 Å². The Morgan fingerprint density at radius 3 is 1.21 bits per heavy atom. The topological polar surface area (TPSA) is 158 Å². The Bertz CT molecular complexity index is 1450. The normalized spacial score (nSPS) is 21.1. The third-order valence-corrected chi connectivity index (χ3v) is 13.4. The van der Waals surface area contributed by atoms with Crippen LogP contribution < -0.4 is 0 Å². The fourth-order valence-electron chi connectivity index (χ4n) is 8.81. The molecule has 0 aromatic rings. The lowest BCUT2D eigenvalue weighted by Crippen LogP contribution is -2.30. The molecule has 0 spiro atoms. The maximum atomic E-state index is 12.7. The van der Waals surface area contributed by atoms with Crippen molar-refractivity contribution in [1.29, 1.82) is 0 Å². The van der Waals surface area contributed by atoms with Crippen LogP contribution in [0, 0.1) is 5.92 Å². The van der Waals surface area contributed by atoms with E-state index in [1.54, 1.807) is 0 Å². The predicted molar refractivity (Wildman–Crippen MR) is 285 cm³/mol. The molecule has 1 atom stereocenters. The summed E-state index contributed by atoms with van der Waals surface area (Å²) in [7, 11) is 0. The van der Waals surface area contributed by atoms with E-state index in [0.717, 1.165) is 186 Å². The van der Waals surface area contributed by atoms with Crippen molar-refractivity contribution in [1.82, 2.24) is 0 Å². The average Bonchev–Trinajstić information content (AvgIpc) is 3.36. The van der Waals surface area contributed by atoms with E-state index in [0.29, 0.717) is 38.5 Å². The molecule has 0 aromatic carbocycles. The molecule has 0 aliphatic carbocycles. The van der Waals surface area contributed by atoms with Gasteiger partial charge in [0.15, 0.2) is 6.61 Å². The van der Waals surface area contributed by atoms with Crippen LogP contribution in [0.3, 0.4) is 0 Å². The molecule has 0 radical (unpaired) electrons. The van der Waals surface area contributed by atoms with Gasteiger partial charge in [-0.05, 0) is 116 Å². The predicted octanol–water partition coefficient (Wildman–Crippen LogP) is 15.3. The number of hydrogen-bond donors (Lipinski definition) is 0. The summed E-state index contributed by atoms with van der Waals surface area (Å²) in [4.78, 5) is 75.1. The Labute approximate surface area is 436 Å². The Balaban J connectivity index is 1.54. The highest BCUT2D eigenvalue weighted by Crippen LogP contribution is 2.17. The van der Waals surface area contributed by atoms with Gasteiger partial charge >= 0.3 is 35.8 Å². The molecule has 0 saturated heterocycles. The zero-order valence-electron chi connectivity index (χ0n) is 45.0. The molecule has 2 aliphatic rings. The van der Waals surface area contributed by atoms with Crippen LogP contribution in [0.1, 0.15) is 270 Å². The molecule has 0 bridgehead atoms. The monoisotopic (exact) mass is 1010 g/mol. The van der Waals surface area contributed by atoms with Crippen molar-refractivity contribution < 1.29 is 57.2 Å². The molecule has 412 valence electrons. The second-order valence-corrected chi connectivity index (χ2v) is 20.3. The number of hydrogen-bond acceptors (Lipinski definition) is 12. The molecule has 2 rings (SSSR count). The van der Waals surface area contributed by atoms with E-state index in [-0.39, 0.29) is 63.1 Å². The highest BCUT2D eigenvalue weighted by Gasteiger charge is 2.22. The molecular weight excluding hydrogens is 913 g/mol. The summed E-state index contributed by atoms with van der Waals surface area (Å²) >= 11 is 0. The highest BCUT2D eigenvalue weighted by atomic mass is 16.7. The first-order valence-electron chi connectivity index (χ1n) is 29.3. The standard InChI is InChI=1S/C60H100O12/c61-54-43-37-31-25-19-13-7-1-2-8-14-20-26-32-38-44-55(62)68-50-53(49-67-54)51-69-56(63)45-39-33-27-21-15-9-3-5-11-17-23-29-35-41-47-58(65)71-60-52-70-57(64)46-40-34-28-22-16-10-4-6-12-18-24-30-36-42-48-59(66)72-60/h1-6,53,60H,7-52H2/b2-1-,5-3+,6-4-. The van der Waals surface area contributed by atoms with E-state index in [1.165, 1.54) is 32.1 Å².